The molecule has 0 fully saturated rings. The SMILES string of the molecule is CC(=O)[C@H](Cc1ccccc1)NC(=O)Cn1c(C)nc2ccccc21. The van der Waals surface area contributed by atoms with E-state index in [1.807, 2.05) is 66.1 Å². The molecule has 0 unspecified atom stereocenters. The quantitative estimate of drug-likeness (QED) is 0.753. The molecule has 0 saturated carbocycles. The van der Waals surface area contributed by atoms with Crippen LogP contribution >= 0.6 is 0 Å². The number of aryl methyl sites for hydroxylation is 1. The Hall–Kier alpha value is -2.95. The van der Waals surface area contributed by atoms with Gasteiger partial charge in [0.25, 0.3) is 0 Å². The van der Waals surface area contributed by atoms with Gasteiger partial charge in [-0.1, -0.05) is 42.5 Å². The van der Waals surface area contributed by atoms with E-state index >= 15 is 0 Å². The van der Waals surface area contributed by atoms with Gasteiger partial charge < -0.3 is 9.88 Å². The molecule has 0 radical (unpaired) electrons. The van der Waals surface area contributed by atoms with Gasteiger partial charge in [-0.05, 0) is 38.0 Å². The summed E-state index contributed by atoms with van der Waals surface area (Å²) in [4.78, 5) is 28.9. The van der Waals surface area contributed by atoms with Gasteiger partial charge >= 0.3 is 0 Å². The minimum absolute atomic E-state index is 0.0515. The number of carbonyl (C=O) groups is 2. The summed E-state index contributed by atoms with van der Waals surface area (Å²) in [5, 5.41) is 2.86. The van der Waals surface area contributed by atoms with E-state index in [1.165, 1.54) is 6.92 Å². The maximum Gasteiger partial charge on any atom is 0.240 e. The zero-order chi connectivity index (χ0) is 17.8. The third-order valence-corrected chi connectivity index (χ3v) is 4.26. The zero-order valence-corrected chi connectivity index (χ0v) is 14.4. The van der Waals surface area contributed by atoms with E-state index in [4.69, 9.17) is 0 Å². The van der Waals surface area contributed by atoms with Crippen LogP contribution in [0.1, 0.15) is 18.3 Å². The molecule has 0 bridgehead atoms. The Bertz CT molecular complexity index is 900. The number of ketones is 1. The van der Waals surface area contributed by atoms with Crippen LogP contribution in [0.25, 0.3) is 11.0 Å². The van der Waals surface area contributed by atoms with Crippen molar-refractivity contribution in [2.24, 2.45) is 0 Å². The van der Waals surface area contributed by atoms with Crippen molar-refractivity contribution in [2.45, 2.75) is 32.9 Å². The molecule has 1 atom stereocenters. The monoisotopic (exact) mass is 335 g/mol. The van der Waals surface area contributed by atoms with Crippen molar-refractivity contribution in [1.29, 1.82) is 0 Å². The van der Waals surface area contributed by atoms with E-state index in [2.05, 4.69) is 10.3 Å². The van der Waals surface area contributed by atoms with Gasteiger partial charge in [0.1, 0.15) is 12.4 Å². The van der Waals surface area contributed by atoms with Crippen molar-refractivity contribution in [2.75, 3.05) is 0 Å². The first-order chi connectivity index (χ1) is 12.0. The number of aromatic nitrogens is 2. The molecule has 1 heterocycles. The van der Waals surface area contributed by atoms with Crippen LogP contribution < -0.4 is 5.32 Å². The number of amides is 1. The van der Waals surface area contributed by atoms with Gasteiger partial charge in [0.05, 0.1) is 17.1 Å². The van der Waals surface area contributed by atoms with Gasteiger partial charge in [0.15, 0.2) is 5.78 Å². The molecule has 3 aromatic rings. The fraction of sp³-hybridized carbons (Fsp3) is 0.250. The van der Waals surface area contributed by atoms with Crippen molar-refractivity contribution < 1.29 is 9.59 Å². The molecule has 2 aromatic carbocycles. The molecule has 0 spiro atoms. The molecule has 5 heteroatoms. The molecule has 3 rings (SSSR count). The molecule has 1 N–H and O–H groups in total. The van der Waals surface area contributed by atoms with Gasteiger partial charge in [-0.3, -0.25) is 9.59 Å². The first-order valence-corrected chi connectivity index (χ1v) is 8.30. The molecular weight excluding hydrogens is 314 g/mol. The molecule has 1 aromatic heterocycles. The summed E-state index contributed by atoms with van der Waals surface area (Å²) < 4.78 is 1.87. The average molecular weight is 335 g/mol. The smallest absolute Gasteiger partial charge is 0.240 e. The van der Waals surface area contributed by atoms with Crippen LogP contribution in [0.5, 0.6) is 0 Å². The van der Waals surface area contributed by atoms with Gasteiger partial charge in [0, 0.05) is 0 Å². The summed E-state index contributed by atoms with van der Waals surface area (Å²) in [5.74, 6) is 0.533. The predicted octanol–water partition coefficient (Wildman–Crippen LogP) is 2.66. The number of nitrogens with one attached hydrogen (secondary N) is 1. The summed E-state index contributed by atoms with van der Waals surface area (Å²) in [6.07, 6.45) is 0.492. The fourth-order valence-electron chi connectivity index (χ4n) is 2.93. The number of hydrogen-bond donors (Lipinski definition) is 1. The molecule has 0 saturated heterocycles. The number of Topliss-reactive ketones (excluding diaryl/α,β-unsaturated/α-hetero) is 1. The Morgan fingerprint density at radius 3 is 2.48 bits per heavy atom. The average Bonchev–Trinajstić information content (AvgIpc) is 2.91. The second-order valence-electron chi connectivity index (χ2n) is 6.15. The van der Waals surface area contributed by atoms with Crippen molar-refractivity contribution >= 4 is 22.7 Å². The summed E-state index contributed by atoms with van der Waals surface area (Å²) in [5.41, 5.74) is 2.80. The first-order valence-electron chi connectivity index (χ1n) is 8.30. The van der Waals surface area contributed by atoms with E-state index in [1.54, 1.807) is 0 Å². The lowest BCUT2D eigenvalue weighted by Crippen LogP contribution is -2.42. The van der Waals surface area contributed by atoms with Crippen molar-refractivity contribution in [1.82, 2.24) is 14.9 Å². The first kappa shape index (κ1) is 16.9. The normalized spacial score (nSPS) is 12.1. The van der Waals surface area contributed by atoms with Crippen LogP contribution in [0.3, 0.4) is 0 Å². The van der Waals surface area contributed by atoms with Crippen molar-refractivity contribution in [3.05, 3.63) is 66.0 Å². The number of benzene rings is 2. The lowest BCUT2D eigenvalue weighted by atomic mass is 10.0. The third kappa shape index (κ3) is 3.94. The van der Waals surface area contributed by atoms with Gasteiger partial charge in [-0.25, -0.2) is 4.98 Å². The van der Waals surface area contributed by atoms with Crippen molar-refractivity contribution in [3.8, 4) is 0 Å². The number of carbonyl (C=O) groups excluding carboxylic acids is 2. The minimum atomic E-state index is -0.523. The second-order valence-corrected chi connectivity index (χ2v) is 6.15. The van der Waals surface area contributed by atoms with E-state index in [9.17, 15) is 9.59 Å². The molecule has 128 valence electrons. The molecule has 5 nitrogen and oxygen atoms in total. The van der Waals surface area contributed by atoms with Crippen LogP contribution in [0.4, 0.5) is 0 Å². The zero-order valence-electron chi connectivity index (χ0n) is 14.4. The number of nitrogens with zero attached hydrogens (tertiary/aromatic N) is 2. The van der Waals surface area contributed by atoms with Crippen LogP contribution in [0, 0.1) is 6.92 Å². The topological polar surface area (TPSA) is 64.0 Å². The molecular formula is C20H21N3O2. The highest BCUT2D eigenvalue weighted by atomic mass is 16.2. The number of hydrogen-bond acceptors (Lipinski definition) is 3. The maximum atomic E-state index is 12.5. The van der Waals surface area contributed by atoms with E-state index in [0.29, 0.717) is 6.42 Å². The van der Waals surface area contributed by atoms with Gasteiger partial charge in [-0.2, -0.15) is 0 Å². The molecule has 1 amide bonds. The Morgan fingerprint density at radius 2 is 1.76 bits per heavy atom. The molecule has 0 aliphatic heterocycles. The highest BCUT2D eigenvalue weighted by Crippen LogP contribution is 2.15. The predicted molar refractivity (Wildman–Crippen MR) is 97.2 cm³/mol. The fourth-order valence-corrected chi connectivity index (χ4v) is 2.93. The number of para-hydroxylation sites is 2. The number of rotatable bonds is 6. The summed E-state index contributed by atoms with van der Waals surface area (Å²) in [6.45, 7) is 3.52. The Labute approximate surface area is 146 Å². The van der Waals surface area contributed by atoms with Crippen LogP contribution in [-0.4, -0.2) is 27.3 Å². The summed E-state index contributed by atoms with van der Waals surface area (Å²) in [6, 6.07) is 16.9. The van der Waals surface area contributed by atoms with E-state index in [-0.39, 0.29) is 18.2 Å². The van der Waals surface area contributed by atoms with Gasteiger partial charge in [-0.15, -0.1) is 0 Å². The van der Waals surface area contributed by atoms with Gasteiger partial charge in [0.2, 0.25) is 5.91 Å². The van der Waals surface area contributed by atoms with E-state index in [0.717, 1.165) is 22.4 Å². The largest absolute Gasteiger partial charge is 0.344 e. The van der Waals surface area contributed by atoms with E-state index < -0.39 is 6.04 Å². The van der Waals surface area contributed by atoms with Crippen LogP contribution in [0.2, 0.25) is 0 Å². The second kappa shape index (κ2) is 7.30. The third-order valence-electron chi connectivity index (χ3n) is 4.26. The number of imidazole rings is 1. The Morgan fingerprint density at radius 1 is 1.08 bits per heavy atom. The Balaban J connectivity index is 1.73. The molecule has 25 heavy (non-hydrogen) atoms. The molecule has 0 aliphatic carbocycles. The van der Waals surface area contributed by atoms with Crippen LogP contribution in [-0.2, 0) is 22.6 Å². The highest BCUT2D eigenvalue weighted by Gasteiger charge is 2.19. The lowest BCUT2D eigenvalue weighted by Gasteiger charge is -2.17. The number of fused-ring (bicyclic) bond motifs is 1. The summed E-state index contributed by atoms with van der Waals surface area (Å²) in [7, 11) is 0. The standard InChI is InChI=1S/C20H21N3O2/c1-14(24)18(12-16-8-4-3-5-9-16)22-20(25)13-23-15(2)21-17-10-6-7-11-19(17)23/h3-11,18H,12-13H2,1-2H3,(H,22,25)/t18-/m0/s1. The minimum Gasteiger partial charge on any atom is -0.344 e. The molecule has 0 aliphatic rings. The maximum absolute atomic E-state index is 12.5. The highest BCUT2D eigenvalue weighted by molar-refractivity contribution is 5.88. The Kier molecular flexibility index (Phi) is 4.93. The van der Waals surface area contributed by atoms with Crippen LogP contribution in [0.15, 0.2) is 54.6 Å². The van der Waals surface area contributed by atoms with Crippen molar-refractivity contribution in [3.63, 3.8) is 0 Å². The summed E-state index contributed by atoms with van der Waals surface area (Å²) >= 11 is 0. The lowest BCUT2D eigenvalue weighted by molar-refractivity contribution is -0.127.